The van der Waals surface area contributed by atoms with Crippen LogP contribution in [0.3, 0.4) is 0 Å². The molecular weight excluding hydrogens is 326 g/mol. The van der Waals surface area contributed by atoms with Crippen LogP contribution < -0.4 is 0 Å². The lowest BCUT2D eigenvalue weighted by atomic mass is 9.93. The van der Waals surface area contributed by atoms with Gasteiger partial charge < -0.3 is 5.11 Å². The number of aromatic nitrogens is 2. The maximum Gasteiger partial charge on any atom is 0.335 e. The van der Waals surface area contributed by atoms with Gasteiger partial charge >= 0.3 is 5.97 Å². The largest absolute Gasteiger partial charge is 0.478 e. The molecule has 0 amide bonds. The van der Waals surface area contributed by atoms with Crippen LogP contribution in [-0.4, -0.2) is 38.8 Å². The highest BCUT2D eigenvalue weighted by atomic mass is 16.4. The fourth-order valence-electron chi connectivity index (χ4n) is 3.80. The van der Waals surface area contributed by atoms with Gasteiger partial charge in [0, 0.05) is 25.5 Å². The SMILES string of the molecule is O=C(O)c1ccccc1[C@@H]1CCN(Cc2ccccc2-n2cccn2)C1. The lowest BCUT2D eigenvalue weighted by Crippen LogP contribution is -2.21. The zero-order valence-electron chi connectivity index (χ0n) is 14.5. The van der Waals surface area contributed by atoms with Gasteiger partial charge in [-0.1, -0.05) is 36.4 Å². The molecule has 0 radical (unpaired) electrons. The van der Waals surface area contributed by atoms with Crippen LogP contribution in [0.15, 0.2) is 67.0 Å². The van der Waals surface area contributed by atoms with Crippen LogP contribution >= 0.6 is 0 Å². The molecular formula is C21H21N3O2. The maximum atomic E-state index is 11.5. The Morgan fingerprint density at radius 1 is 1.12 bits per heavy atom. The van der Waals surface area contributed by atoms with Gasteiger partial charge in [-0.15, -0.1) is 0 Å². The molecule has 0 aliphatic carbocycles. The van der Waals surface area contributed by atoms with Gasteiger partial charge in [-0.3, -0.25) is 4.90 Å². The lowest BCUT2D eigenvalue weighted by molar-refractivity contribution is 0.0695. The summed E-state index contributed by atoms with van der Waals surface area (Å²) in [6.07, 6.45) is 4.72. The van der Waals surface area contributed by atoms with Crippen molar-refractivity contribution in [2.24, 2.45) is 0 Å². The molecule has 1 saturated heterocycles. The number of rotatable bonds is 5. The number of likely N-dealkylation sites (tertiary alicyclic amines) is 1. The van der Waals surface area contributed by atoms with Crippen molar-refractivity contribution < 1.29 is 9.90 Å². The van der Waals surface area contributed by atoms with E-state index >= 15 is 0 Å². The van der Waals surface area contributed by atoms with Crippen molar-refractivity contribution in [2.75, 3.05) is 13.1 Å². The monoisotopic (exact) mass is 347 g/mol. The van der Waals surface area contributed by atoms with Crippen LogP contribution in [0.5, 0.6) is 0 Å². The van der Waals surface area contributed by atoms with Crippen molar-refractivity contribution in [3.8, 4) is 5.69 Å². The first-order chi connectivity index (χ1) is 12.7. The molecule has 1 aliphatic heterocycles. The molecule has 3 aromatic rings. The van der Waals surface area contributed by atoms with Gasteiger partial charge in [-0.25, -0.2) is 9.48 Å². The van der Waals surface area contributed by atoms with Gasteiger partial charge in [-0.05, 0) is 48.2 Å². The summed E-state index contributed by atoms with van der Waals surface area (Å²) in [7, 11) is 0. The number of para-hydroxylation sites is 1. The Labute approximate surface area is 152 Å². The molecule has 5 heteroatoms. The fourth-order valence-corrected chi connectivity index (χ4v) is 3.80. The Hall–Kier alpha value is -2.92. The highest BCUT2D eigenvalue weighted by Gasteiger charge is 2.27. The minimum Gasteiger partial charge on any atom is -0.478 e. The number of carboxylic acids is 1. The van der Waals surface area contributed by atoms with Crippen molar-refractivity contribution in [3.05, 3.63) is 83.7 Å². The van der Waals surface area contributed by atoms with Crippen molar-refractivity contribution >= 4 is 5.97 Å². The molecule has 1 aliphatic rings. The Kier molecular flexibility index (Phi) is 4.54. The molecule has 1 fully saturated rings. The number of carbonyl (C=O) groups is 1. The Bertz CT molecular complexity index is 905. The third-order valence-corrected chi connectivity index (χ3v) is 5.04. The standard InChI is InChI=1S/C21H21N3O2/c25-21(26)19-8-3-2-7-18(19)16-10-13-23(14-16)15-17-6-1-4-9-20(17)24-12-5-11-22-24/h1-9,11-12,16H,10,13-15H2,(H,25,26)/t16-/m1/s1. The minimum atomic E-state index is -0.844. The molecule has 0 unspecified atom stereocenters. The van der Waals surface area contributed by atoms with E-state index in [0.29, 0.717) is 5.56 Å². The third kappa shape index (κ3) is 3.26. The predicted molar refractivity (Wildman–Crippen MR) is 99.6 cm³/mol. The van der Waals surface area contributed by atoms with Crippen molar-refractivity contribution in [1.82, 2.24) is 14.7 Å². The van der Waals surface area contributed by atoms with E-state index in [4.69, 9.17) is 0 Å². The molecule has 0 bridgehead atoms. The van der Waals surface area contributed by atoms with Crippen LogP contribution in [0.4, 0.5) is 0 Å². The highest BCUT2D eigenvalue weighted by molar-refractivity contribution is 5.89. The van der Waals surface area contributed by atoms with E-state index in [2.05, 4.69) is 28.2 Å². The average molecular weight is 347 g/mol. The second-order valence-corrected chi connectivity index (χ2v) is 6.69. The second kappa shape index (κ2) is 7.14. The van der Waals surface area contributed by atoms with E-state index in [1.807, 2.05) is 35.1 Å². The summed E-state index contributed by atoms with van der Waals surface area (Å²) in [5.74, 6) is -0.581. The molecule has 132 valence electrons. The van der Waals surface area contributed by atoms with E-state index in [0.717, 1.165) is 37.3 Å². The number of aromatic carboxylic acids is 1. The summed E-state index contributed by atoms with van der Waals surface area (Å²) in [5.41, 5.74) is 3.69. The minimum absolute atomic E-state index is 0.263. The molecule has 2 heterocycles. The predicted octanol–water partition coefficient (Wildman–Crippen LogP) is 3.56. The van der Waals surface area contributed by atoms with E-state index in [-0.39, 0.29) is 5.92 Å². The van der Waals surface area contributed by atoms with E-state index in [9.17, 15) is 9.90 Å². The van der Waals surface area contributed by atoms with Crippen molar-refractivity contribution in [3.63, 3.8) is 0 Å². The molecule has 2 aromatic carbocycles. The summed E-state index contributed by atoms with van der Waals surface area (Å²) in [6, 6.07) is 17.6. The number of nitrogens with zero attached hydrogens (tertiary/aromatic N) is 3. The van der Waals surface area contributed by atoms with Crippen LogP contribution in [0.25, 0.3) is 5.69 Å². The van der Waals surface area contributed by atoms with Gasteiger partial charge in [0.2, 0.25) is 0 Å². The van der Waals surface area contributed by atoms with Crippen LogP contribution in [-0.2, 0) is 6.54 Å². The van der Waals surface area contributed by atoms with E-state index < -0.39 is 5.97 Å². The summed E-state index contributed by atoms with van der Waals surface area (Å²) < 4.78 is 1.89. The van der Waals surface area contributed by atoms with Crippen LogP contribution in [0.1, 0.15) is 33.8 Å². The highest BCUT2D eigenvalue weighted by Crippen LogP contribution is 2.31. The molecule has 0 spiro atoms. The number of benzene rings is 2. The Morgan fingerprint density at radius 2 is 1.92 bits per heavy atom. The van der Waals surface area contributed by atoms with Gasteiger partial charge in [-0.2, -0.15) is 5.10 Å². The lowest BCUT2D eigenvalue weighted by Gasteiger charge is -2.19. The third-order valence-electron chi connectivity index (χ3n) is 5.04. The topological polar surface area (TPSA) is 58.4 Å². The van der Waals surface area contributed by atoms with Gasteiger partial charge in [0.05, 0.1) is 11.3 Å². The Morgan fingerprint density at radius 3 is 2.73 bits per heavy atom. The molecule has 4 rings (SSSR count). The van der Waals surface area contributed by atoms with Gasteiger partial charge in [0.25, 0.3) is 0 Å². The summed E-state index contributed by atoms with van der Waals surface area (Å²) in [4.78, 5) is 13.9. The second-order valence-electron chi connectivity index (χ2n) is 6.69. The number of carboxylic acid groups (broad SMARTS) is 1. The number of hydrogen-bond donors (Lipinski definition) is 1. The molecule has 5 nitrogen and oxygen atoms in total. The smallest absolute Gasteiger partial charge is 0.335 e. The molecule has 1 N–H and O–H groups in total. The maximum absolute atomic E-state index is 11.5. The van der Waals surface area contributed by atoms with Gasteiger partial charge in [0.1, 0.15) is 0 Å². The summed E-state index contributed by atoms with van der Waals surface area (Å²) in [6.45, 7) is 2.67. The Balaban J connectivity index is 1.52. The zero-order chi connectivity index (χ0) is 17.9. The summed E-state index contributed by atoms with van der Waals surface area (Å²) in [5, 5.41) is 13.8. The molecule has 1 atom stereocenters. The van der Waals surface area contributed by atoms with E-state index in [1.165, 1.54) is 5.56 Å². The van der Waals surface area contributed by atoms with Crippen LogP contribution in [0.2, 0.25) is 0 Å². The first kappa shape index (κ1) is 16.5. The normalized spacial score (nSPS) is 17.5. The van der Waals surface area contributed by atoms with E-state index in [1.54, 1.807) is 18.3 Å². The first-order valence-electron chi connectivity index (χ1n) is 8.85. The number of hydrogen-bond acceptors (Lipinski definition) is 3. The van der Waals surface area contributed by atoms with Crippen molar-refractivity contribution in [1.29, 1.82) is 0 Å². The summed E-state index contributed by atoms with van der Waals surface area (Å²) >= 11 is 0. The molecule has 1 aromatic heterocycles. The first-order valence-corrected chi connectivity index (χ1v) is 8.85. The average Bonchev–Trinajstić information content (AvgIpc) is 3.34. The fraction of sp³-hybridized carbons (Fsp3) is 0.238. The van der Waals surface area contributed by atoms with Gasteiger partial charge in [0.15, 0.2) is 0 Å². The van der Waals surface area contributed by atoms with Crippen LogP contribution in [0, 0.1) is 0 Å². The van der Waals surface area contributed by atoms with Crippen molar-refractivity contribution in [2.45, 2.75) is 18.9 Å². The molecule has 0 saturated carbocycles. The molecule has 26 heavy (non-hydrogen) atoms. The zero-order valence-corrected chi connectivity index (χ0v) is 14.5. The quantitative estimate of drug-likeness (QED) is 0.767.